The van der Waals surface area contributed by atoms with Crippen LogP contribution in [0.2, 0.25) is 0 Å². The number of rotatable bonds is 0. The molecule has 2 rings (SSSR count). The minimum absolute atomic E-state index is 0.550. The van der Waals surface area contributed by atoms with Crippen molar-refractivity contribution in [2.24, 2.45) is 5.73 Å². The van der Waals surface area contributed by atoms with Crippen molar-refractivity contribution in [2.75, 3.05) is 10.8 Å². The Balaban J connectivity index is 2.34. The van der Waals surface area contributed by atoms with Crippen molar-refractivity contribution in [1.29, 1.82) is 0 Å². The molecule has 0 amide bonds. The molecule has 1 atom stereocenters. The molecule has 1 aliphatic heterocycles. The second kappa shape index (κ2) is 2.33. The molecule has 0 aromatic carbocycles. The van der Waals surface area contributed by atoms with Crippen LogP contribution < -0.4 is 16.5 Å². The molecule has 0 saturated heterocycles. The molecule has 0 radical (unpaired) electrons. The third-order valence-electron chi connectivity index (χ3n) is 1.26. The molecule has 1 aromatic heterocycles. The van der Waals surface area contributed by atoms with Crippen molar-refractivity contribution in [1.82, 2.24) is 9.97 Å². The molecule has 0 bridgehead atoms. The Morgan fingerprint density at radius 3 is 2.91 bits per heavy atom. The fourth-order valence-electron chi connectivity index (χ4n) is 0.802. The summed E-state index contributed by atoms with van der Waals surface area (Å²) in [5, 5.41) is 2.78. The van der Waals surface area contributed by atoms with Crippen molar-refractivity contribution in [2.45, 2.75) is 6.35 Å². The van der Waals surface area contributed by atoms with E-state index in [0.717, 1.165) is 0 Å². The van der Waals surface area contributed by atoms with Gasteiger partial charge in [0.1, 0.15) is 0 Å². The monoisotopic (exact) mass is 153 g/mol. The lowest BCUT2D eigenvalue weighted by molar-refractivity contribution is 0.119. The summed E-state index contributed by atoms with van der Waals surface area (Å²) in [5.41, 5.74) is 7.94. The molecule has 0 spiro atoms. The SMILES string of the molecule is NC1Nc2nccnc2NO1. The van der Waals surface area contributed by atoms with Gasteiger partial charge >= 0.3 is 0 Å². The molecule has 0 fully saturated rings. The first-order valence-electron chi connectivity index (χ1n) is 3.11. The molecule has 6 heteroatoms. The fraction of sp³-hybridized carbons (Fsp3) is 0.200. The van der Waals surface area contributed by atoms with E-state index in [2.05, 4.69) is 20.8 Å². The van der Waals surface area contributed by atoms with E-state index >= 15 is 0 Å². The van der Waals surface area contributed by atoms with Crippen molar-refractivity contribution in [3.8, 4) is 0 Å². The fourth-order valence-corrected chi connectivity index (χ4v) is 0.802. The lowest BCUT2D eigenvalue weighted by Gasteiger charge is -2.22. The summed E-state index contributed by atoms with van der Waals surface area (Å²) in [6.07, 6.45) is 2.57. The summed E-state index contributed by atoms with van der Waals surface area (Å²) >= 11 is 0. The third-order valence-corrected chi connectivity index (χ3v) is 1.26. The molecule has 11 heavy (non-hydrogen) atoms. The topological polar surface area (TPSA) is 85.1 Å². The molecular formula is C5H7N5O. The number of aromatic nitrogens is 2. The van der Waals surface area contributed by atoms with Gasteiger partial charge < -0.3 is 5.32 Å². The number of nitrogens with one attached hydrogen (secondary N) is 2. The summed E-state index contributed by atoms with van der Waals surface area (Å²) < 4.78 is 0. The van der Waals surface area contributed by atoms with Crippen LogP contribution >= 0.6 is 0 Å². The van der Waals surface area contributed by atoms with Crippen LogP contribution in [0.15, 0.2) is 12.4 Å². The number of anilines is 2. The van der Waals surface area contributed by atoms with Crippen molar-refractivity contribution < 1.29 is 4.84 Å². The van der Waals surface area contributed by atoms with E-state index in [1.165, 1.54) is 0 Å². The first kappa shape index (κ1) is 6.32. The standard InChI is InChI=1S/C5H7N5O/c6-5-9-3-4(10-11-5)8-2-1-7-3/h1-2,5H,6H2,(H,7,9)(H,8,10). The number of hydrogen-bond acceptors (Lipinski definition) is 6. The van der Waals surface area contributed by atoms with Crippen LogP contribution in [0.1, 0.15) is 0 Å². The summed E-state index contributed by atoms with van der Waals surface area (Å²) in [4.78, 5) is 12.7. The highest BCUT2D eigenvalue weighted by atomic mass is 16.7. The first-order valence-corrected chi connectivity index (χ1v) is 3.11. The molecule has 1 unspecified atom stereocenters. The minimum atomic E-state index is -0.570. The van der Waals surface area contributed by atoms with Crippen LogP contribution in [0.3, 0.4) is 0 Å². The quantitative estimate of drug-likeness (QED) is 0.465. The number of nitrogens with two attached hydrogens (primary N) is 1. The van der Waals surface area contributed by atoms with Crippen molar-refractivity contribution in [3.05, 3.63) is 12.4 Å². The van der Waals surface area contributed by atoms with Gasteiger partial charge in [-0.05, 0) is 0 Å². The Morgan fingerprint density at radius 2 is 2.09 bits per heavy atom. The summed E-state index contributed by atoms with van der Waals surface area (Å²) in [6, 6.07) is 0. The second-order valence-electron chi connectivity index (χ2n) is 2.04. The largest absolute Gasteiger partial charge is 0.328 e. The zero-order chi connectivity index (χ0) is 7.68. The highest BCUT2D eigenvalue weighted by molar-refractivity contribution is 5.58. The van der Waals surface area contributed by atoms with Gasteiger partial charge in [-0.2, -0.15) is 0 Å². The van der Waals surface area contributed by atoms with Crippen LogP contribution in [-0.2, 0) is 4.84 Å². The van der Waals surface area contributed by atoms with Gasteiger partial charge in [0.2, 0.25) is 6.35 Å². The van der Waals surface area contributed by atoms with Crippen LogP contribution in [0.25, 0.3) is 0 Å². The maximum atomic E-state index is 5.39. The molecular weight excluding hydrogens is 146 g/mol. The van der Waals surface area contributed by atoms with E-state index in [4.69, 9.17) is 10.6 Å². The minimum Gasteiger partial charge on any atom is -0.328 e. The van der Waals surface area contributed by atoms with Gasteiger partial charge in [-0.1, -0.05) is 0 Å². The Hall–Kier alpha value is -1.40. The lowest BCUT2D eigenvalue weighted by Crippen LogP contribution is -2.38. The maximum Gasteiger partial charge on any atom is 0.208 e. The second-order valence-corrected chi connectivity index (χ2v) is 2.04. The summed E-state index contributed by atoms with van der Waals surface area (Å²) in [6.45, 7) is 0. The van der Waals surface area contributed by atoms with Gasteiger partial charge in [0.15, 0.2) is 11.6 Å². The first-order chi connectivity index (χ1) is 5.36. The molecule has 1 aromatic rings. The van der Waals surface area contributed by atoms with Crippen LogP contribution in [0.4, 0.5) is 11.6 Å². The van der Waals surface area contributed by atoms with Crippen molar-refractivity contribution in [3.63, 3.8) is 0 Å². The molecule has 58 valence electrons. The van der Waals surface area contributed by atoms with Gasteiger partial charge in [-0.3, -0.25) is 5.73 Å². The molecule has 2 heterocycles. The van der Waals surface area contributed by atoms with Gasteiger partial charge in [0, 0.05) is 12.4 Å². The normalized spacial score (nSPS) is 21.4. The Kier molecular flexibility index (Phi) is 1.34. The van der Waals surface area contributed by atoms with Crippen LogP contribution in [0, 0.1) is 0 Å². The van der Waals surface area contributed by atoms with Gasteiger partial charge in [-0.15, -0.1) is 0 Å². The highest BCUT2D eigenvalue weighted by Crippen LogP contribution is 2.18. The number of hydrogen-bond donors (Lipinski definition) is 3. The molecule has 4 N–H and O–H groups in total. The predicted molar refractivity (Wildman–Crippen MR) is 38.3 cm³/mol. The van der Waals surface area contributed by atoms with E-state index in [1.54, 1.807) is 12.4 Å². The van der Waals surface area contributed by atoms with Gasteiger partial charge in [0.25, 0.3) is 0 Å². The third kappa shape index (κ3) is 1.08. The summed E-state index contributed by atoms with van der Waals surface area (Å²) in [5.74, 6) is 1.15. The predicted octanol–water partition coefficient (Wildman–Crippen LogP) is -0.512. The molecule has 1 aliphatic rings. The Labute approximate surface area is 62.7 Å². The van der Waals surface area contributed by atoms with Crippen LogP contribution in [-0.4, -0.2) is 16.3 Å². The average Bonchev–Trinajstić information content (AvgIpc) is 2.04. The smallest absolute Gasteiger partial charge is 0.208 e. The zero-order valence-corrected chi connectivity index (χ0v) is 5.61. The maximum absolute atomic E-state index is 5.39. The Morgan fingerprint density at radius 1 is 1.36 bits per heavy atom. The molecule has 6 nitrogen and oxygen atoms in total. The van der Waals surface area contributed by atoms with E-state index in [9.17, 15) is 0 Å². The van der Waals surface area contributed by atoms with E-state index < -0.39 is 6.35 Å². The van der Waals surface area contributed by atoms with E-state index in [1.807, 2.05) is 0 Å². The van der Waals surface area contributed by atoms with Crippen LogP contribution in [0.5, 0.6) is 0 Å². The van der Waals surface area contributed by atoms with Gasteiger partial charge in [0.05, 0.1) is 0 Å². The number of nitrogens with zero attached hydrogens (tertiary/aromatic N) is 2. The summed E-state index contributed by atoms with van der Waals surface area (Å²) in [7, 11) is 0. The van der Waals surface area contributed by atoms with Gasteiger partial charge in [-0.25, -0.2) is 20.3 Å². The highest BCUT2D eigenvalue weighted by Gasteiger charge is 2.15. The lowest BCUT2D eigenvalue weighted by atomic mass is 10.5. The Bertz CT molecular complexity index is 265. The molecule has 0 aliphatic carbocycles. The van der Waals surface area contributed by atoms with E-state index in [0.29, 0.717) is 11.6 Å². The van der Waals surface area contributed by atoms with E-state index in [-0.39, 0.29) is 0 Å². The zero-order valence-electron chi connectivity index (χ0n) is 5.61. The average molecular weight is 153 g/mol. The van der Waals surface area contributed by atoms with Crippen molar-refractivity contribution >= 4 is 11.6 Å². The molecule has 0 saturated carbocycles. The number of fused-ring (bicyclic) bond motifs is 1.